The Kier molecular flexibility index (Phi) is 5.74. The fourth-order valence-corrected chi connectivity index (χ4v) is 2.47. The lowest BCUT2D eigenvalue weighted by molar-refractivity contribution is -0.134. The van der Waals surface area contributed by atoms with Crippen LogP contribution < -0.4 is 9.91 Å². The van der Waals surface area contributed by atoms with Gasteiger partial charge in [0.1, 0.15) is 0 Å². The van der Waals surface area contributed by atoms with Gasteiger partial charge < -0.3 is 15.1 Å². The Hall–Kier alpha value is -3.62. The second-order valence-corrected chi connectivity index (χ2v) is 5.35. The molecule has 9 heteroatoms. The van der Waals surface area contributed by atoms with E-state index in [-0.39, 0.29) is 5.91 Å². The molecule has 0 unspecified atom stereocenters. The summed E-state index contributed by atoms with van der Waals surface area (Å²) in [7, 11) is 1.98. The number of carboxylic acid groups (broad SMARTS) is 2. The van der Waals surface area contributed by atoms with Crippen LogP contribution in [0.25, 0.3) is 0 Å². The minimum atomic E-state index is -1.26. The summed E-state index contributed by atoms with van der Waals surface area (Å²) in [5.74, 6) is -2.49. The van der Waals surface area contributed by atoms with Gasteiger partial charge in [0.25, 0.3) is 0 Å². The molecule has 0 saturated heterocycles. The molecule has 136 valence electrons. The zero-order chi connectivity index (χ0) is 19.3. The van der Waals surface area contributed by atoms with Crippen LogP contribution in [0.2, 0.25) is 0 Å². The van der Waals surface area contributed by atoms with Crippen molar-refractivity contribution in [1.29, 1.82) is 0 Å². The Balaban J connectivity index is 0.000000260. The predicted octanol–water partition coefficient (Wildman–Crippen LogP) is 1.36. The molecule has 26 heavy (non-hydrogen) atoms. The van der Waals surface area contributed by atoms with Crippen LogP contribution >= 0.6 is 0 Å². The Bertz CT molecular complexity index is 842. The third-order valence-electron chi connectivity index (χ3n) is 3.62. The number of anilines is 2. The fraction of sp³-hybridized carbons (Fsp3) is 0.176. The van der Waals surface area contributed by atoms with Crippen molar-refractivity contribution in [3.05, 3.63) is 54.6 Å². The number of aliphatic carboxylic acids is 2. The van der Waals surface area contributed by atoms with Crippen molar-refractivity contribution in [1.82, 2.24) is 9.66 Å². The smallest absolute Gasteiger partial charge is 0.328 e. The van der Waals surface area contributed by atoms with Crippen LogP contribution in [0.5, 0.6) is 0 Å². The number of hydrogen-bond donors (Lipinski definition) is 2. The van der Waals surface area contributed by atoms with E-state index in [0.717, 1.165) is 17.1 Å². The number of pyridine rings is 1. The Labute approximate surface area is 149 Å². The van der Waals surface area contributed by atoms with Crippen molar-refractivity contribution >= 4 is 29.2 Å². The van der Waals surface area contributed by atoms with E-state index in [1.54, 1.807) is 24.2 Å². The molecule has 3 rings (SSSR count). The van der Waals surface area contributed by atoms with Gasteiger partial charge in [0, 0.05) is 38.5 Å². The summed E-state index contributed by atoms with van der Waals surface area (Å²) in [6, 6.07) is 5.92. The molecule has 0 radical (unpaired) electrons. The highest BCUT2D eigenvalue weighted by molar-refractivity contribution is 5.95. The van der Waals surface area contributed by atoms with Gasteiger partial charge in [0.15, 0.2) is 0 Å². The molecule has 1 amide bonds. The average Bonchev–Trinajstić information content (AvgIpc) is 3.01. The summed E-state index contributed by atoms with van der Waals surface area (Å²) in [6.45, 7) is 2.14. The second kappa shape index (κ2) is 7.97. The van der Waals surface area contributed by atoms with Gasteiger partial charge in [-0.25, -0.2) is 9.59 Å². The third-order valence-corrected chi connectivity index (χ3v) is 3.62. The summed E-state index contributed by atoms with van der Waals surface area (Å²) in [5, 5.41) is 17.6. The molecule has 9 nitrogen and oxygen atoms in total. The van der Waals surface area contributed by atoms with Crippen LogP contribution in [0.15, 0.2) is 48.9 Å². The summed E-state index contributed by atoms with van der Waals surface area (Å²) < 4.78 is 2.04. The maximum absolute atomic E-state index is 11.8. The van der Waals surface area contributed by atoms with Crippen LogP contribution in [-0.4, -0.2) is 44.8 Å². The second-order valence-electron chi connectivity index (χ2n) is 5.35. The Morgan fingerprint density at radius 1 is 1.12 bits per heavy atom. The predicted molar refractivity (Wildman–Crippen MR) is 93.7 cm³/mol. The zero-order valence-corrected chi connectivity index (χ0v) is 14.2. The van der Waals surface area contributed by atoms with Crippen molar-refractivity contribution in [3.8, 4) is 0 Å². The first-order valence-corrected chi connectivity index (χ1v) is 7.57. The molecule has 0 aliphatic carbocycles. The van der Waals surface area contributed by atoms with E-state index >= 15 is 0 Å². The summed E-state index contributed by atoms with van der Waals surface area (Å²) in [4.78, 5) is 36.8. The molecule has 0 spiro atoms. The summed E-state index contributed by atoms with van der Waals surface area (Å²) in [5.41, 5.74) is 2.88. The Morgan fingerprint density at radius 2 is 1.77 bits per heavy atom. The molecule has 2 aromatic heterocycles. The van der Waals surface area contributed by atoms with Crippen molar-refractivity contribution < 1.29 is 24.6 Å². The third kappa shape index (κ3) is 4.26. The number of aromatic nitrogens is 2. The molecule has 2 aromatic rings. The number of carboxylic acids is 2. The van der Waals surface area contributed by atoms with Gasteiger partial charge in [0.2, 0.25) is 5.91 Å². The molecular formula is C17H18N4O5. The van der Waals surface area contributed by atoms with Gasteiger partial charge in [-0.3, -0.25) is 19.5 Å². The van der Waals surface area contributed by atoms with E-state index in [2.05, 4.69) is 4.98 Å². The molecule has 0 fully saturated rings. The molecule has 2 N–H and O–H groups in total. The van der Waals surface area contributed by atoms with E-state index in [0.29, 0.717) is 18.7 Å². The minimum absolute atomic E-state index is 0.0206. The molecule has 0 bridgehead atoms. The maximum atomic E-state index is 11.8. The first-order valence-electron chi connectivity index (χ1n) is 7.57. The van der Waals surface area contributed by atoms with Crippen molar-refractivity contribution in [3.63, 3.8) is 0 Å². The number of fused-ring (bicyclic) bond motifs is 2. The molecule has 0 atom stereocenters. The first kappa shape index (κ1) is 18.7. The van der Waals surface area contributed by atoms with Crippen LogP contribution in [-0.2, 0) is 20.9 Å². The number of carbonyl (C=O) groups excluding carboxylic acids is 1. The van der Waals surface area contributed by atoms with Crippen molar-refractivity contribution in [2.24, 2.45) is 0 Å². The number of rotatable bonds is 2. The van der Waals surface area contributed by atoms with Crippen molar-refractivity contribution in [2.45, 2.75) is 13.5 Å². The van der Waals surface area contributed by atoms with E-state index in [4.69, 9.17) is 10.2 Å². The monoisotopic (exact) mass is 358 g/mol. The zero-order valence-electron chi connectivity index (χ0n) is 14.2. The van der Waals surface area contributed by atoms with Gasteiger partial charge in [-0.2, -0.15) is 0 Å². The number of amides is 1. The van der Waals surface area contributed by atoms with Crippen molar-refractivity contribution in [2.75, 3.05) is 17.0 Å². The lowest BCUT2D eigenvalue weighted by Crippen LogP contribution is -2.27. The van der Waals surface area contributed by atoms with Gasteiger partial charge in [0.05, 0.1) is 29.8 Å². The van der Waals surface area contributed by atoms with Crippen LogP contribution in [0.1, 0.15) is 12.6 Å². The standard InChI is InChI=1S/C13H14N4O.C4H4O4/c1-10(18)16-9-11-4-3-7-17(11)15(2)12-5-6-14-8-13(12)16;5-3(6)1-2-4(7)8/h3-8H,9H2,1-2H3;1-2H,(H,5,6)(H,7,8). The lowest BCUT2D eigenvalue weighted by Gasteiger charge is -2.23. The highest BCUT2D eigenvalue weighted by Gasteiger charge is 2.24. The fourth-order valence-electron chi connectivity index (χ4n) is 2.47. The van der Waals surface area contributed by atoms with Gasteiger partial charge in [-0.1, -0.05) is 0 Å². The molecule has 0 saturated carbocycles. The van der Waals surface area contributed by atoms with Gasteiger partial charge >= 0.3 is 11.9 Å². The molecule has 1 aliphatic rings. The van der Waals surface area contributed by atoms with Gasteiger partial charge in [-0.15, -0.1) is 0 Å². The molecule has 1 aliphatic heterocycles. The van der Waals surface area contributed by atoms with E-state index < -0.39 is 11.9 Å². The topological polar surface area (TPSA) is 116 Å². The maximum Gasteiger partial charge on any atom is 0.328 e. The lowest BCUT2D eigenvalue weighted by atomic mass is 10.3. The van der Waals surface area contributed by atoms with Crippen LogP contribution in [0, 0.1) is 0 Å². The SMILES string of the molecule is CC(=O)N1Cc2cccn2N(C)c2ccncc21.O=C(O)C=CC(=O)O. The van der Waals surface area contributed by atoms with E-state index in [1.165, 1.54) is 0 Å². The molecule has 3 heterocycles. The normalized spacial score (nSPS) is 12.5. The quantitative estimate of drug-likeness (QED) is 0.779. The first-order chi connectivity index (χ1) is 12.3. The number of hydrogen-bond acceptors (Lipinski definition) is 5. The number of carbonyl (C=O) groups is 3. The highest BCUT2D eigenvalue weighted by atomic mass is 16.4. The van der Waals surface area contributed by atoms with Crippen LogP contribution in [0.3, 0.4) is 0 Å². The highest BCUT2D eigenvalue weighted by Crippen LogP contribution is 2.32. The molecule has 0 aromatic carbocycles. The Morgan fingerprint density at radius 3 is 2.35 bits per heavy atom. The summed E-state index contributed by atoms with van der Waals surface area (Å²) in [6.07, 6.45) is 6.58. The van der Waals surface area contributed by atoms with E-state index in [9.17, 15) is 14.4 Å². The summed E-state index contributed by atoms with van der Waals surface area (Å²) >= 11 is 0. The molecular weight excluding hydrogens is 340 g/mol. The van der Waals surface area contributed by atoms with Gasteiger partial charge in [-0.05, 0) is 18.2 Å². The van der Waals surface area contributed by atoms with Crippen LogP contribution in [0.4, 0.5) is 11.4 Å². The average molecular weight is 358 g/mol. The largest absolute Gasteiger partial charge is 0.478 e. The van der Waals surface area contributed by atoms with E-state index in [1.807, 2.05) is 41.1 Å². The minimum Gasteiger partial charge on any atom is -0.478 e. The number of nitrogens with zero attached hydrogens (tertiary/aromatic N) is 4.